The lowest BCUT2D eigenvalue weighted by atomic mass is 10.2. The quantitative estimate of drug-likeness (QED) is 0.548. The summed E-state index contributed by atoms with van der Waals surface area (Å²) in [5, 5.41) is 0. The van der Waals surface area contributed by atoms with E-state index in [9.17, 15) is 0 Å². The first kappa shape index (κ1) is 6.47. The van der Waals surface area contributed by atoms with E-state index < -0.39 is 0 Å². The van der Waals surface area contributed by atoms with Crippen molar-refractivity contribution >= 4 is 12.2 Å². The van der Waals surface area contributed by atoms with Crippen molar-refractivity contribution in [3.63, 3.8) is 0 Å². The third-order valence-corrected chi connectivity index (χ3v) is 1.75. The van der Waals surface area contributed by atoms with Crippen LogP contribution in [0, 0.1) is 6.92 Å². The highest BCUT2D eigenvalue weighted by atomic mass is 16.3. The molecular formula is C10H10O. The molecule has 1 aliphatic carbocycles. The van der Waals surface area contributed by atoms with Gasteiger partial charge in [0.2, 0.25) is 0 Å². The molecule has 0 fully saturated rings. The van der Waals surface area contributed by atoms with Gasteiger partial charge in [-0.25, -0.2) is 0 Å². The van der Waals surface area contributed by atoms with Crippen molar-refractivity contribution in [2.45, 2.75) is 13.3 Å². The Morgan fingerprint density at radius 2 is 2.09 bits per heavy atom. The predicted molar refractivity (Wildman–Crippen MR) is 46.1 cm³/mol. The first-order valence-electron chi connectivity index (χ1n) is 3.80. The van der Waals surface area contributed by atoms with Crippen molar-refractivity contribution < 1.29 is 4.42 Å². The normalized spacial score (nSPS) is 14.6. The molecule has 11 heavy (non-hydrogen) atoms. The zero-order valence-corrected chi connectivity index (χ0v) is 6.50. The van der Waals surface area contributed by atoms with Crippen LogP contribution in [0.1, 0.15) is 23.5 Å². The van der Waals surface area contributed by atoms with Crippen molar-refractivity contribution in [2.75, 3.05) is 0 Å². The highest BCUT2D eigenvalue weighted by molar-refractivity contribution is 5.64. The number of fused-ring (bicyclic) bond motifs is 1. The third-order valence-electron chi connectivity index (χ3n) is 1.75. The van der Waals surface area contributed by atoms with E-state index >= 15 is 0 Å². The fraction of sp³-hybridized carbons (Fsp3) is 0.200. The van der Waals surface area contributed by atoms with Gasteiger partial charge in [0.05, 0.1) is 0 Å². The van der Waals surface area contributed by atoms with Crippen LogP contribution in [0.15, 0.2) is 22.6 Å². The molecule has 0 saturated heterocycles. The molecule has 0 amide bonds. The maximum Gasteiger partial charge on any atom is 0.133 e. The second kappa shape index (κ2) is 2.42. The molecule has 0 atom stereocenters. The van der Waals surface area contributed by atoms with Crippen LogP contribution in [0.2, 0.25) is 0 Å². The van der Waals surface area contributed by atoms with E-state index in [1.165, 1.54) is 5.56 Å². The summed E-state index contributed by atoms with van der Waals surface area (Å²) in [5.41, 5.74) is 1.19. The molecule has 2 rings (SSSR count). The third kappa shape index (κ3) is 1.14. The molecule has 1 heteroatoms. The van der Waals surface area contributed by atoms with E-state index in [0.29, 0.717) is 0 Å². The molecule has 0 bridgehead atoms. The van der Waals surface area contributed by atoms with Gasteiger partial charge in [0, 0.05) is 5.56 Å². The van der Waals surface area contributed by atoms with Crippen LogP contribution in [0.3, 0.4) is 0 Å². The Morgan fingerprint density at radius 3 is 3.00 bits per heavy atom. The molecule has 56 valence electrons. The highest BCUT2D eigenvalue weighted by Crippen LogP contribution is 2.20. The van der Waals surface area contributed by atoms with Crippen LogP contribution in [0.5, 0.6) is 0 Å². The molecule has 0 radical (unpaired) electrons. The Morgan fingerprint density at radius 1 is 1.27 bits per heavy atom. The van der Waals surface area contributed by atoms with Gasteiger partial charge in [-0.3, -0.25) is 0 Å². The Bertz CT molecular complexity index is 286. The summed E-state index contributed by atoms with van der Waals surface area (Å²) in [6.07, 6.45) is 9.37. The van der Waals surface area contributed by atoms with Crippen LogP contribution in [0.4, 0.5) is 0 Å². The molecule has 1 aliphatic rings. The summed E-state index contributed by atoms with van der Waals surface area (Å²) in [6, 6.07) is 2.06. The van der Waals surface area contributed by atoms with Gasteiger partial charge >= 0.3 is 0 Å². The number of hydrogen-bond acceptors (Lipinski definition) is 1. The first-order chi connectivity index (χ1) is 5.36. The number of allylic oxidation sites excluding steroid dienone is 2. The average Bonchev–Trinajstić information content (AvgIpc) is 2.17. The number of rotatable bonds is 0. The topological polar surface area (TPSA) is 13.1 Å². The lowest BCUT2D eigenvalue weighted by Crippen LogP contribution is -1.66. The van der Waals surface area contributed by atoms with Gasteiger partial charge in [0.1, 0.15) is 11.5 Å². The highest BCUT2D eigenvalue weighted by Gasteiger charge is 2.03. The summed E-state index contributed by atoms with van der Waals surface area (Å²) >= 11 is 0. The molecule has 0 unspecified atom stereocenters. The minimum absolute atomic E-state index is 0.978. The fourth-order valence-corrected chi connectivity index (χ4v) is 1.26. The van der Waals surface area contributed by atoms with E-state index in [0.717, 1.165) is 17.9 Å². The zero-order chi connectivity index (χ0) is 7.68. The Kier molecular flexibility index (Phi) is 1.42. The second-order valence-corrected chi connectivity index (χ2v) is 2.72. The summed E-state index contributed by atoms with van der Waals surface area (Å²) in [7, 11) is 0. The molecule has 0 aliphatic heterocycles. The van der Waals surface area contributed by atoms with Gasteiger partial charge < -0.3 is 4.42 Å². The molecule has 0 aromatic carbocycles. The lowest BCUT2D eigenvalue weighted by Gasteiger charge is -1.84. The van der Waals surface area contributed by atoms with Gasteiger partial charge in [-0.1, -0.05) is 18.2 Å². The Labute approximate surface area is 66.0 Å². The van der Waals surface area contributed by atoms with Crippen LogP contribution in [-0.4, -0.2) is 0 Å². The Hall–Kier alpha value is -1.24. The van der Waals surface area contributed by atoms with Gasteiger partial charge in [-0.05, 0) is 25.5 Å². The van der Waals surface area contributed by atoms with Crippen LogP contribution < -0.4 is 0 Å². The van der Waals surface area contributed by atoms with Crippen LogP contribution in [0.25, 0.3) is 12.2 Å². The molecule has 1 aromatic heterocycles. The number of hydrogen-bond donors (Lipinski definition) is 0. The van der Waals surface area contributed by atoms with Gasteiger partial charge in [0.15, 0.2) is 0 Å². The van der Waals surface area contributed by atoms with E-state index in [1.54, 1.807) is 0 Å². The van der Waals surface area contributed by atoms with E-state index in [-0.39, 0.29) is 0 Å². The zero-order valence-electron chi connectivity index (χ0n) is 6.50. The molecule has 1 aromatic rings. The van der Waals surface area contributed by atoms with E-state index in [1.807, 2.05) is 13.0 Å². The molecule has 1 heterocycles. The van der Waals surface area contributed by atoms with Crippen molar-refractivity contribution in [3.8, 4) is 0 Å². The number of furan rings is 1. The van der Waals surface area contributed by atoms with Gasteiger partial charge in [0.25, 0.3) is 0 Å². The maximum absolute atomic E-state index is 5.45. The van der Waals surface area contributed by atoms with Crippen molar-refractivity contribution in [1.29, 1.82) is 0 Å². The molecule has 0 spiro atoms. The molecule has 0 saturated carbocycles. The summed E-state index contributed by atoms with van der Waals surface area (Å²) < 4.78 is 5.45. The average molecular weight is 146 g/mol. The molecular weight excluding hydrogens is 136 g/mol. The van der Waals surface area contributed by atoms with Crippen LogP contribution in [-0.2, 0) is 0 Å². The largest absolute Gasteiger partial charge is 0.461 e. The first-order valence-corrected chi connectivity index (χ1v) is 3.80. The number of aryl methyl sites for hydroxylation is 1. The molecule has 0 N–H and O–H groups in total. The van der Waals surface area contributed by atoms with Crippen molar-refractivity contribution in [2.24, 2.45) is 0 Å². The van der Waals surface area contributed by atoms with Crippen LogP contribution >= 0.6 is 0 Å². The minimum Gasteiger partial charge on any atom is -0.461 e. The predicted octanol–water partition coefficient (Wildman–Crippen LogP) is 3.02. The lowest BCUT2D eigenvalue weighted by molar-refractivity contribution is 0.524. The standard InChI is InChI=1S/C10H10O/c1-8-7-9-5-3-2-4-6-10(9)11-8/h3-7H,2H2,1H3. The minimum atomic E-state index is 0.978. The molecule has 1 nitrogen and oxygen atoms in total. The van der Waals surface area contributed by atoms with E-state index in [4.69, 9.17) is 4.42 Å². The monoisotopic (exact) mass is 146 g/mol. The smallest absolute Gasteiger partial charge is 0.133 e. The van der Waals surface area contributed by atoms with Gasteiger partial charge in [-0.2, -0.15) is 0 Å². The summed E-state index contributed by atoms with van der Waals surface area (Å²) in [4.78, 5) is 0. The summed E-state index contributed by atoms with van der Waals surface area (Å²) in [6.45, 7) is 1.97. The van der Waals surface area contributed by atoms with Crippen molar-refractivity contribution in [1.82, 2.24) is 0 Å². The maximum atomic E-state index is 5.45. The second-order valence-electron chi connectivity index (χ2n) is 2.72. The van der Waals surface area contributed by atoms with E-state index in [2.05, 4.69) is 24.3 Å². The summed E-state index contributed by atoms with van der Waals surface area (Å²) in [5.74, 6) is 1.96. The fourth-order valence-electron chi connectivity index (χ4n) is 1.26. The van der Waals surface area contributed by atoms with Crippen molar-refractivity contribution in [3.05, 3.63) is 35.3 Å². The van der Waals surface area contributed by atoms with Gasteiger partial charge in [-0.15, -0.1) is 0 Å². The Balaban J connectivity index is 2.56. The SMILES string of the molecule is Cc1cc2c(o1)C=CCC=C2.